The van der Waals surface area contributed by atoms with E-state index in [1.807, 2.05) is 6.92 Å². The number of hydrogen-bond acceptors (Lipinski definition) is 3. The predicted molar refractivity (Wildman–Crippen MR) is 81.5 cm³/mol. The van der Waals surface area contributed by atoms with Crippen LogP contribution in [0.4, 0.5) is 0 Å². The first-order valence-electron chi connectivity index (χ1n) is 7.29. The van der Waals surface area contributed by atoms with Crippen LogP contribution in [-0.4, -0.2) is 36.3 Å². The van der Waals surface area contributed by atoms with E-state index < -0.39 is 0 Å². The highest BCUT2D eigenvalue weighted by Crippen LogP contribution is 2.20. The van der Waals surface area contributed by atoms with E-state index in [4.69, 9.17) is 16.3 Å². The van der Waals surface area contributed by atoms with Crippen molar-refractivity contribution in [1.82, 2.24) is 4.90 Å². The van der Waals surface area contributed by atoms with Gasteiger partial charge in [-0.25, -0.2) is 0 Å². The maximum Gasteiger partial charge on any atom is 0.260 e. The SMILES string of the molecule is CCC(=O)C1CCN(C(=O)COc2ccc(Cl)cc2)CC1. The Balaban J connectivity index is 1.77. The van der Waals surface area contributed by atoms with Gasteiger partial charge in [-0.15, -0.1) is 0 Å². The summed E-state index contributed by atoms with van der Waals surface area (Å²) in [6, 6.07) is 6.93. The summed E-state index contributed by atoms with van der Waals surface area (Å²) in [5.74, 6) is 1.02. The van der Waals surface area contributed by atoms with E-state index in [-0.39, 0.29) is 18.4 Å². The summed E-state index contributed by atoms with van der Waals surface area (Å²) in [6.07, 6.45) is 2.11. The van der Waals surface area contributed by atoms with Crippen molar-refractivity contribution in [2.45, 2.75) is 26.2 Å². The molecule has 1 amide bonds. The van der Waals surface area contributed by atoms with E-state index in [0.717, 1.165) is 12.8 Å². The standard InChI is InChI=1S/C16H20ClNO3/c1-2-15(19)12-7-9-18(10-8-12)16(20)11-21-14-5-3-13(17)4-6-14/h3-6,12H,2,7-11H2,1H3. The van der Waals surface area contributed by atoms with Gasteiger partial charge in [0.05, 0.1) is 0 Å². The summed E-state index contributed by atoms with van der Waals surface area (Å²) in [5.41, 5.74) is 0. The molecule has 0 bridgehead atoms. The molecule has 2 rings (SSSR count). The van der Waals surface area contributed by atoms with Gasteiger partial charge in [-0.3, -0.25) is 9.59 Å². The van der Waals surface area contributed by atoms with Crippen LogP contribution >= 0.6 is 11.6 Å². The molecule has 0 atom stereocenters. The fourth-order valence-electron chi connectivity index (χ4n) is 2.51. The summed E-state index contributed by atoms with van der Waals surface area (Å²) in [6.45, 7) is 3.19. The highest BCUT2D eigenvalue weighted by molar-refractivity contribution is 6.30. The molecule has 21 heavy (non-hydrogen) atoms. The number of nitrogens with zero attached hydrogens (tertiary/aromatic N) is 1. The Bertz CT molecular complexity index is 493. The first-order chi connectivity index (χ1) is 10.1. The summed E-state index contributed by atoms with van der Waals surface area (Å²) in [4.78, 5) is 25.5. The van der Waals surface area contributed by atoms with Crippen LogP contribution in [0.15, 0.2) is 24.3 Å². The van der Waals surface area contributed by atoms with Crippen molar-refractivity contribution in [3.8, 4) is 5.75 Å². The summed E-state index contributed by atoms with van der Waals surface area (Å²) < 4.78 is 5.45. The van der Waals surface area contributed by atoms with Gasteiger partial charge < -0.3 is 9.64 Å². The quantitative estimate of drug-likeness (QED) is 0.840. The van der Waals surface area contributed by atoms with Crippen LogP contribution in [0, 0.1) is 5.92 Å². The molecule has 5 heteroatoms. The highest BCUT2D eigenvalue weighted by Gasteiger charge is 2.26. The molecule has 1 saturated heterocycles. The lowest BCUT2D eigenvalue weighted by Crippen LogP contribution is -2.42. The number of carbonyl (C=O) groups is 2. The van der Waals surface area contributed by atoms with Crippen LogP contribution in [0.3, 0.4) is 0 Å². The number of ketones is 1. The molecule has 1 heterocycles. The zero-order valence-corrected chi connectivity index (χ0v) is 12.9. The number of amides is 1. The van der Waals surface area contributed by atoms with E-state index in [2.05, 4.69) is 0 Å². The number of likely N-dealkylation sites (tertiary alicyclic amines) is 1. The Morgan fingerprint density at radius 3 is 2.43 bits per heavy atom. The van der Waals surface area contributed by atoms with Crippen LogP contribution in [0.2, 0.25) is 5.02 Å². The van der Waals surface area contributed by atoms with Crippen molar-refractivity contribution >= 4 is 23.3 Å². The topological polar surface area (TPSA) is 46.6 Å². The van der Waals surface area contributed by atoms with Crippen LogP contribution in [-0.2, 0) is 9.59 Å². The van der Waals surface area contributed by atoms with Gasteiger partial charge in [0.1, 0.15) is 11.5 Å². The predicted octanol–water partition coefficient (Wildman–Crippen LogP) is 2.94. The van der Waals surface area contributed by atoms with Crippen LogP contribution in [0.25, 0.3) is 0 Å². The average molecular weight is 310 g/mol. The zero-order chi connectivity index (χ0) is 15.2. The molecule has 0 aliphatic carbocycles. The molecule has 0 unspecified atom stereocenters. The van der Waals surface area contributed by atoms with E-state index in [9.17, 15) is 9.59 Å². The lowest BCUT2D eigenvalue weighted by molar-refractivity contribution is -0.136. The number of hydrogen-bond donors (Lipinski definition) is 0. The normalized spacial score (nSPS) is 15.8. The van der Waals surface area contributed by atoms with E-state index in [1.54, 1.807) is 29.2 Å². The maximum absolute atomic E-state index is 12.1. The van der Waals surface area contributed by atoms with Crippen LogP contribution in [0.1, 0.15) is 26.2 Å². The third-order valence-corrected chi connectivity index (χ3v) is 4.08. The Kier molecular flexibility index (Phi) is 5.62. The second kappa shape index (κ2) is 7.46. The number of ether oxygens (including phenoxy) is 1. The fourth-order valence-corrected chi connectivity index (χ4v) is 2.63. The Morgan fingerprint density at radius 1 is 1.24 bits per heavy atom. The largest absolute Gasteiger partial charge is 0.484 e. The Morgan fingerprint density at radius 2 is 1.86 bits per heavy atom. The van der Waals surface area contributed by atoms with Gasteiger partial charge in [0.15, 0.2) is 6.61 Å². The monoisotopic (exact) mass is 309 g/mol. The number of benzene rings is 1. The van der Waals surface area contributed by atoms with Crippen molar-refractivity contribution in [3.05, 3.63) is 29.3 Å². The summed E-state index contributed by atoms with van der Waals surface area (Å²) in [7, 11) is 0. The highest BCUT2D eigenvalue weighted by atomic mass is 35.5. The van der Waals surface area contributed by atoms with Gasteiger partial charge in [-0.2, -0.15) is 0 Å². The lowest BCUT2D eigenvalue weighted by Gasteiger charge is -2.31. The van der Waals surface area contributed by atoms with Crippen molar-refractivity contribution in [2.24, 2.45) is 5.92 Å². The van der Waals surface area contributed by atoms with Gasteiger partial charge in [0.25, 0.3) is 5.91 Å². The minimum Gasteiger partial charge on any atom is -0.484 e. The van der Waals surface area contributed by atoms with E-state index >= 15 is 0 Å². The fraction of sp³-hybridized carbons (Fsp3) is 0.500. The van der Waals surface area contributed by atoms with Gasteiger partial charge in [0, 0.05) is 30.5 Å². The summed E-state index contributed by atoms with van der Waals surface area (Å²) in [5, 5.41) is 0.636. The molecule has 1 aromatic carbocycles. The minimum atomic E-state index is -0.0349. The molecule has 0 N–H and O–H groups in total. The molecular weight excluding hydrogens is 290 g/mol. The molecule has 1 aliphatic heterocycles. The molecule has 0 saturated carbocycles. The maximum atomic E-state index is 12.1. The molecular formula is C16H20ClNO3. The van der Waals surface area contributed by atoms with Gasteiger partial charge in [0.2, 0.25) is 0 Å². The van der Waals surface area contributed by atoms with E-state index in [1.165, 1.54) is 0 Å². The van der Waals surface area contributed by atoms with Crippen molar-refractivity contribution in [2.75, 3.05) is 19.7 Å². The molecule has 1 aromatic rings. The lowest BCUT2D eigenvalue weighted by atomic mass is 9.91. The zero-order valence-electron chi connectivity index (χ0n) is 12.2. The van der Waals surface area contributed by atoms with Crippen molar-refractivity contribution in [1.29, 1.82) is 0 Å². The first kappa shape index (κ1) is 15.8. The molecule has 4 nitrogen and oxygen atoms in total. The van der Waals surface area contributed by atoms with E-state index in [0.29, 0.717) is 36.1 Å². The van der Waals surface area contributed by atoms with Crippen molar-refractivity contribution < 1.29 is 14.3 Å². The third kappa shape index (κ3) is 4.46. The van der Waals surface area contributed by atoms with Gasteiger partial charge >= 0.3 is 0 Å². The second-order valence-corrected chi connectivity index (χ2v) is 5.65. The number of halogens is 1. The van der Waals surface area contributed by atoms with Crippen LogP contribution in [0.5, 0.6) is 5.75 Å². The van der Waals surface area contributed by atoms with Gasteiger partial charge in [-0.05, 0) is 37.1 Å². The molecule has 0 spiro atoms. The first-order valence-corrected chi connectivity index (χ1v) is 7.66. The smallest absolute Gasteiger partial charge is 0.260 e. The van der Waals surface area contributed by atoms with Crippen molar-refractivity contribution in [3.63, 3.8) is 0 Å². The number of carbonyl (C=O) groups excluding carboxylic acids is 2. The average Bonchev–Trinajstić information content (AvgIpc) is 2.53. The van der Waals surface area contributed by atoms with Gasteiger partial charge in [-0.1, -0.05) is 18.5 Å². The second-order valence-electron chi connectivity index (χ2n) is 5.22. The molecule has 1 aliphatic rings. The third-order valence-electron chi connectivity index (χ3n) is 3.83. The number of piperidine rings is 1. The number of rotatable bonds is 5. The molecule has 0 radical (unpaired) electrons. The molecule has 0 aromatic heterocycles. The molecule has 114 valence electrons. The molecule has 1 fully saturated rings. The minimum absolute atomic E-state index is 0.0218. The Labute approximate surface area is 130 Å². The van der Waals surface area contributed by atoms with Crippen LogP contribution < -0.4 is 4.74 Å². The number of Topliss-reactive ketones (excluding diaryl/α,β-unsaturated/α-hetero) is 1. The summed E-state index contributed by atoms with van der Waals surface area (Å²) >= 11 is 5.79. The Hall–Kier alpha value is -1.55.